The Balaban J connectivity index is 1.76. The summed E-state index contributed by atoms with van der Waals surface area (Å²) in [6.07, 6.45) is 6.16. The van der Waals surface area contributed by atoms with Crippen molar-refractivity contribution >= 4 is 37.6 Å². The monoisotopic (exact) mass is 370 g/mol. The Morgan fingerprint density at radius 3 is 2.88 bits per heavy atom. The number of aryl methyl sites for hydroxylation is 1. The van der Waals surface area contributed by atoms with Gasteiger partial charge in [0.1, 0.15) is 17.0 Å². The molecule has 0 bridgehead atoms. The average molecular weight is 371 g/mol. The summed E-state index contributed by atoms with van der Waals surface area (Å²) < 4.78 is 6.54. The molecular formula is C20H26N4OS. The maximum atomic E-state index is 5.41. The van der Waals surface area contributed by atoms with Crippen molar-refractivity contribution in [3.63, 3.8) is 0 Å². The largest absolute Gasteiger partial charge is 0.382 e. The fourth-order valence-electron chi connectivity index (χ4n) is 3.86. The maximum absolute atomic E-state index is 5.41. The highest BCUT2D eigenvalue weighted by Crippen LogP contribution is 2.42. The summed E-state index contributed by atoms with van der Waals surface area (Å²) in [5, 5.41) is 4.73. The molecule has 3 aromatic rings. The zero-order chi connectivity index (χ0) is 18.1. The predicted octanol–water partition coefficient (Wildman–Crippen LogP) is 4.69. The standard InChI is InChI=1S/C20H26N4OS/c1-4-25-10-6-9-21-19-18-17(22-11-23-19)15-13-7-5-8-14(13)16(12(2)3)24-20(15)26-18/h11-12H,4-10H2,1-3H3,(H,21,22,23). The molecule has 0 saturated carbocycles. The Morgan fingerprint density at radius 2 is 2.08 bits per heavy atom. The van der Waals surface area contributed by atoms with E-state index in [1.165, 1.54) is 28.6 Å². The number of nitrogens with zero attached hydrogens (tertiary/aromatic N) is 3. The Morgan fingerprint density at radius 1 is 1.23 bits per heavy atom. The van der Waals surface area contributed by atoms with Gasteiger partial charge in [-0.2, -0.15) is 0 Å². The highest BCUT2D eigenvalue weighted by Gasteiger charge is 2.25. The topological polar surface area (TPSA) is 59.9 Å². The lowest BCUT2D eigenvalue weighted by Crippen LogP contribution is -2.07. The zero-order valence-electron chi connectivity index (χ0n) is 15.8. The van der Waals surface area contributed by atoms with E-state index >= 15 is 0 Å². The summed E-state index contributed by atoms with van der Waals surface area (Å²) in [5.41, 5.74) is 5.28. The molecule has 0 aromatic carbocycles. The highest BCUT2D eigenvalue weighted by molar-refractivity contribution is 7.26. The van der Waals surface area contributed by atoms with Gasteiger partial charge in [0.2, 0.25) is 0 Å². The van der Waals surface area contributed by atoms with Crippen LogP contribution in [0.5, 0.6) is 0 Å². The van der Waals surface area contributed by atoms with Crippen LogP contribution in [0.3, 0.4) is 0 Å². The van der Waals surface area contributed by atoms with Crippen LogP contribution in [0.25, 0.3) is 20.4 Å². The minimum atomic E-state index is 0.457. The van der Waals surface area contributed by atoms with E-state index in [0.29, 0.717) is 5.92 Å². The van der Waals surface area contributed by atoms with Crippen LogP contribution in [0, 0.1) is 0 Å². The number of hydrogen-bond donors (Lipinski definition) is 1. The molecule has 5 nitrogen and oxygen atoms in total. The van der Waals surface area contributed by atoms with Gasteiger partial charge in [-0.3, -0.25) is 0 Å². The zero-order valence-corrected chi connectivity index (χ0v) is 16.6. The molecule has 1 aliphatic rings. The molecule has 6 heteroatoms. The number of rotatable bonds is 7. The van der Waals surface area contributed by atoms with Crippen LogP contribution in [0.15, 0.2) is 6.33 Å². The fourth-order valence-corrected chi connectivity index (χ4v) is 4.99. The first kappa shape index (κ1) is 17.6. The van der Waals surface area contributed by atoms with E-state index in [2.05, 4.69) is 29.1 Å². The third kappa shape index (κ3) is 3.05. The summed E-state index contributed by atoms with van der Waals surface area (Å²) in [7, 11) is 0. The molecule has 0 spiro atoms. The third-order valence-electron chi connectivity index (χ3n) is 5.01. The van der Waals surface area contributed by atoms with Crippen molar-refractivity contribution in [2.24, 2.45) is 0 Å². The van der Waals surface area contributed by atoms with Crippen LogP contribution >= 0.6 is 11.3 Å². The molecule has 26 heavy (non-hydrogen) atoms. The van der Waals surface area contributed by atoms with Crippen molar-refractivity contribution in [2.75, 3.05) is 25.1 Å². The Hall–Kier alpha value is -1.79. The Kier molecular flexibility index (Phi) is 5.05. The molecule has 3 aromatic heterocycles. The van der Waals surface area contributed by atoms with Gasteiger partial charge in [-0.05, 0) is 49.7 Å². The molecule has 0 atom stereocenters. The van der Waals surface area contributed by atoms with Crippen LogP contribution in [-0.4, -0.2) is 34.7 Å². The van der Waals surface area contributed by atoms with Crippen molar-refractivity contribution in [3.8, 4) is 0 Å². The van der Waals surface area contributed by atoms with E-state index in [1.807, 2.05) is 6.92 Å². The van der Waals surface area contributed by atoms with Crippen LogP contribution in [0.1, 0.15) is 56.4 Å². The molecule has 4 rings (SSSR count). The number of nitrogens with one attached hydrogen (secondary N) is 1. The molecule has 1 N–H and O–H groups in total. The lowest BCUT2D eigenvalue weighted by atomic mass is 9.99. The number of ether oxygens (including phenoxy) is 1. The van der Waals surface area contributed by atoms with Gasteiger partial charge in [0.25, 0.3) is 0 Å². The van der Waals surface area contributed by atoms with Crippen LogP contribution < -0.4 is 5.32 Å². The number of hydrogen-bond acceptors (Lipinski definition) is 6. The van der Waals surface area contributed by atoms with E-state index in [-0.39, 0.29) is 0 Å². The van der Waals surface area contributed by atoms with E-state index in [0.717, 1.165) is 59.9 Å². The summed E-state index contributed by atoms with van der Waals surface area (Å²) >= 11 is 1.72. The summed E-state index contributed by atoms with van der Waals surface area (Å²) in [4.78, 5) is 15.3. The van der Waals surface area contributed by atoms with Crippen LogP contribution in [0.4, 0.5) is 5.82 Å². The summed E-state index contributed by atoms with van der Waals surface area (Å²) in [5.74, 6) is 1.38. The molecule has 0 aliphatic heterocycles. The molecular weight excluding hydrogens is 344 g/mol. The molecule has 1 aliphatic carbocycles. The molecule has 0 saturated heterocycles. The predicted molar refractivity (Wildman–Crippen MR) is 108 cm³/mol. The second kappa shape index (κ2) is 7.45. The molecule has 0 radical (unpaired) electrons. The molecule has 0 amide bonds. The van der Waals surface area contributed by atoms with Crippen LogP contribution in [-0.2, 0) is 17.6 Å². The maximum Gasteiger partial charge on any atom is 0.147 e. The van der Waals surface area contributed by atoms with Crippen molar-refractivity contribution in [3.05, 3.63) is 23.1 Å². The highest BCUT2D eigenvalue weighted by atomic mass is 32.1. The van der Waals surface area contributed by atoms with Gasteiger partial charge >= 0.3 is 0 Å². The van der Waals surface area contributed by atoms with Gasteiger partial charge in [-0.25, -0.2) is 15.0 Å². The van der Waals surface area contributed by atoms with Gasteiger partial charge in [0.15, 0.2) is 0 Å². The first-order valence-corrected chi connectivity index (χ1v) is 10.4. The van der Waals surface area contributed by atoms with Gasteiger partial charge in [0, 0.05) is 30.8 Å². The fraction of sp³-hybridized carbons (Fsp3) is 0.550. The Labute approximate surface area is 158 Å². The molecule has 3 heterocycles. The molecule has 138 valence electrons. The SMILES string of the molecule is CCOCCCNc1ncnc2c1sc1nc(C(C)C)c3c(c12)CCC3. The van der Waals surface area contributed by atoms with Gasteiger partial charge in [-0.1, -0.05) is 13.8 Å². The minimum Gasteiger partial charge on any atom is -0.382 e. The quantitative estimate of drug-likeness (QED) is 0.611. The smallest absolute Gasteiger partial charge is 0.147 e. The molecule has 0 unspecified atom stereocenters. The van der Waals surface area contributed by atoms with Crippen molar-refractivity contribution in [1.82, 2.24) is 15.0 Å². The summed E-state index contributed by atoms with van der Waals surface area (Å²) in [6, 6.07) is 0. The normalized spacial score (nSPS) is 13.8. The number of fused-ring (bicyclic) bond motifs is 5. The lowest BCUT2D eigenvalue weighted by Gasteiger charge is -2.11. The second-order valence-corrected chi connectivity index (χ2v) is 8.12. The van der Waals surface area contributed by atoms with E-state index < -0.39 is 0 Å². The molecule has 0 fully saturated rings. The van der Waals surface area contributed by atoms with E-state index in [1.54, 1.807) is 17.7 Å². The third-order valence-corrected chi connectivity index (χ3v) is 6.09. The van der Waals surface area contributed by atoms with E-state index in [4.69, 9.17) is 9.72 Å². The minimum absolute atomic E-state index is 0.457. The first-order valence-electron chi connectivity index (χ1n) is 9.61. The summed E-state index contributed by atoms with van der Waals surface area (Å²) in [6.45, 7) is 8.90. The lowest BCUT2D eigenvalue weighted by molar-refractivity contribution is 0.147. The van der Waals surface area contributed by atoms with Crippen molar-refractivity contribution in [1.29, 1.82) is 0 Å². The number of aromatic nitrogens is 3. The Bertz CT molecular complexity index is 935. The van der Waals surface area contributed by atoms with Gasteiger partial charge in [0.05, 0.1) is 10.2 Å². The van der Waals surface area contributed by atoms with Crippen molar-refractivity contribution in [2.45, 2.75) is 52.4 Å². The second-order valence-electron chi connectivity index (χ2n) is 7.12. The number of anilines is 1. The van der Waals surface area contributed by atoms with Gasteiger partial charge < -0.3 is 10.1 Å². The van der Waals surface area contributed by atoms with Gasteiger partial charge in [-0.15, -0.1) is 11.3 Å². The van der Waals surface area contributed by atoms with E-state index in [9.17, 15) is 0 Å². The number of thiophene rings is 1. The van der Waals surface area contributed by atoms with Crippen molar-refractivity contribution < 1.29 is 4.74 Å². The number of pyridine rings is 1. The first-order chi connectivity index (χ1) is 12.7. The van der Waals surface area contributed by atoms with Crippen LogP contribution in [0.2, 0.25) is 0 Å². The average Bonchev–Trinajstić information content (AvgIpc) is 3.24.